The Kier molecular flexibility index (Phi) is 5.08. The lowest BCUT2D eigenvalue weighted by Crippen LogP contribution is -2.32. The molecule has 1 aromatic rings. The highest BCUT2D eigenvalue weighted by atomic mass is 35.5. The molecule has 1 fully saturated rings. The average molecular weight is 331 g/mol. The molecule has 2 N–H and O–H groups in total. The monoisotopic (exact) mass is 330 g/mol. The summed E-state index contributed by atoms with van der Waals surface area (Å²) in [5, 5.41) is 12.4. The average Bonchev–Trinajstić information content (AvgIpc) is 2.88. The summed E-state index contributed by atoms with van der Waals surface area (Å²) in [7, 11) is 0. The Balaban J connectivity index is 1.97. The Hall–Kier alpha value is -1.30. The minimum atomic E-state index is -0.817. The molecule has 0 radical (unpaired) electrons. The van der Waals surface area contributed by atoms with Crippen molar-refractivity contribution in [1.29, 1.82) is 0 Å². The van der Waals surface area contributed by atoms with E-state index >= 15 is 0 Å². The molecule has 1 heterocycles. The van der Waals surface area contributed by atoms with Gasteiger partial charge in [0.15, 0.2) is 0 Å². The molecule has 1 aromatic carbocycles. The highest BCUT2D eigenvalue weighted by Crippen LogP contribution is 2.32. The standard InChI is InChI=1S/C14H16Cl2N2O3/c1-8-2-3-10(15)13(12(8)16)17-11(19)7-18-5-4-9(6-18)14(20)21/h2-3,9H,4-7H2,1H3,(H,17,19)(H,20,21). The molecule has 1 aliphatic heterocycles. The number of carboxylic acid groups (broad SMARTS) is 1. The van der Waals surface area contributed by atoms with Crippen LogP contribution in [0.4, 0.5) is 5.69 Å². The van der Waals surface area contributed by atoms with E-state index in [1.807, 2.05) is 11.8 Å². The highest BCUT2D eigenvalue weighted by molar-refractivity contribution is 6.40. The number of halogens is 2. The third kappa shape index (κ3) is 3.87. The van der Waals surface area contributed by atoms with Crippen LogP contribution in [0.5, 0.6) is 0 Å². The maximum Gasteiger partial charge on any atom is 0.307 e. The van der Waals surface area contributed by atoms with Gasteiger partial charge in [0.2, 0.25) is 5.91 Å². The fourth-order valence-electron chi connectivity index (χ4n) is 2.33. The van der Waals surface area contributed by atoms with Crippen LogP contribution in [0.1, 0.15) is 12.0 Å². The summed E-state index contributed by atoms with van der Waals surface area (Å²) in [5.41, 5.74) is 1.22. The van der Waals surface area contributed by atoms with Crippen LogP contribution in [-0.2, 0) is 9.59 Å². The highest BCUT2D eigenvalue weighted by Gasteiger charge is 2.29. The number of hydrogen-bond donors (Lipinski definition) is 2. The van der Waals surface area contributed by atoms with Gasteiger partial charge in [0.1, 0.15) is 0 Å². The molecule has 0 spiro atoms. The van der Waals surface area contributed by atoms with Gasteiger partial charge in [-0.1, -0.05) is 29.3 Å². The topological polar surface area (TPSA) is 69.6 Å². The van der Waals surface area contributed by atoms with E-state index in [1.165, 1.54) is 0 Å². The summed E-state index contributed by atoms with van der Waals surface area (Å²) in [6.45, 7) is 2.94. The molecule has 0 bridgehead atoms. The molecule has 0 saturated carbocycles. The molecular formula is C14H16Cl2N2O3. The van der Waals surface area contributed by atoms with Gasteiger partial charge in [-0.3, -0.25) is 14.5 Å². The van der Waals surface area contributed by atoms with Gasteiger partial charge in [-0.05, 0) is 31.5 Å². The van der Waals surface area contributed by atoms with Crippen molar-refractivity contribution in [3.63, 3.8) is 0 Å². The lowest BCUT2D eigenvalue weighted by atomic mass is 10.1. The van der Waals surface area contributed by atoms with E-state index in [9.17, 15) is 9.59 Å². The van der Waals surface area contributed by atoms with Gasteiger partial charge in [-0.25, -0.2) is 0 Å². The predicted molar refractivity (Wildman–Crippen MR) is 82.0 cm³/mol. The molecule has 114 valence electrons. The fourth-order valence-corrected chi connectivity index (χ4v) is 2.80. The number of aryl methyl sites for hydroxylation is 1. The Morgan fingerprint density at radius 1 is 1.43 bits per heavy atom. The summed E-state index contributed by atoms with van der Waals surface area (Å²) in [6.07, 6.45) is 0.564. The van der Waals surface area contributed by atoms with Gasteiger partial charge < -0.3 is 10.4 Å². The maximum atomic E-state index is 12.0. The largest absolute Gasteiger partial charge is 0.481 e. The first kappa shape index (κ1) is 16.1. The number of hydrogen-bond acceptors (Lipinski definition) is 3. The molecule has 1 aliphatic rings. The lowest BCUT2D eigenvalue weighted by Gasteiger charge is -2.16. The molecule has 1 unspecified atom stereocenters. The van der Waals surface area contributed by atoms with Crippen LogP contribution in [0.3, 0.4) is 0 Å². The Labute approximate surface area is 132 Å². The van der Waals surface area contributed by atoms with Crippen LogP contribution in [0, 0.1) is 12.8 Å². The number of carbonyl (C=O) groups excluding carboxylic acids is 1. The van der Waals surface area contributed by atoms with Gasteiger partial charge in [-0.15, -0.1) is 0 Å². The normalized spacial score (nSPS) is 18.7. The number of anilines is 1. The number of nitrogens with zero attached hydrogens (tertiary/aromatic N) is 1. The van der Waals surface area contributed by atoms with E-state index in [1.54, 1.807) is 12.1 Å². The van der Waals surface area contributed by atoms with Crippen molar-refractivity contribution in [3.05, 3.63) is 27.7 Å². The number of rotatable bonds is 4. The van der Waals surface area contributed by atoms with E-state index in [0.29, 0.717) is 35.2 Å². The van der Waals surface area contributed by atoms with Gasteiger partial charge in [0.25, 0.3) is 0 Å². The van der Waals surface area contributed by atoms with Crippen molar-refractivity contribution >= 4 is 40.8 Å². The van der Waals surface area contributed by atoms with Gasteiger partial charge in [-0.2, -0.15) is 0 Å². The molecule has 0 aromatic heterocycles. The first-order valence-electron chi connectivity index (χ1n) is 6.58. The van der Waals surface area contributed by atoms with Crippen molar-refractivity contribution in [2.75, 3.05) is 25.0 Å². The van der Waals surface area contributed by atoms with Gasteiger partial charge in [0.05, 0.1) is 28.2 Å². The SMILES string of the molecule is Cc1ccc(Cl)c(NC(=O)CN2CCC(C(=O)O)C2)c1Cl. The van der Waals surface area contributed by atoms with Crippen LogP contribution in [0.2, 0.25) is 10.0 Å². The minimum Gasteiger partial charge on any atom is -0.481 e. The van der Waals surface area contributed by atoms with Crippen molar-refractivity contribution in [1.82, 2.24) is 4.90 Å². The first-order valence-corrected chi connectivity index (χ1v) is 7.33. The van der Waals surface area contributed by atoms with Crippen LogP contribution in [0.15, 0.2) is 12.1 Å². The Morgan fingerprint density at radius 3 is 2.76 bits per heavy atom. The third-order valence-corrected chi connectivity index (χ3v) is 4.34. The van der Waals surface area contributed by atoms with E-state index in [0.717, 1.165) is 5.56 Å². The number of benzene rings is 1. The van der Waals surface area contributed by atoms with Crippen molar-refractivity contribution in [2.24, 2.45) is 5.92 Å². The van der Waals surface area contributed by atoms with E-state index in [4.69, 9.17) is 28.3 Å². The van der Waals surface area contributed by atoms with Crippen LogP contribution >= 0.6 is 23.2 Å². The number of carbonyl (C=O) groups is 2. The molecular weight excluding hydrogens is 315 g/mol. The third-order valence-electron chi connectivity index (χ3n) is 3.54. The Bertz CT molecular complexity index is 578. The van der Waals surface area contributed by atoms with Crippen LogP contribution in [0.25, 0.3) is 0 Å². The summed E-state index contributed by atoms with van der Waals surface area (Å²) < 4.78 is 0. The van der Waals surface area contributed by atoms with Crippen molar-refractivity contribution < 1.29 is 14.7 Å². The second-order valence-electron chi connectivity index (χ2n) is 5.16. The van der Waals surface area contributed by atoms with Gasteiger partial charge >= 0.3 is 5.97 Å². The molecule has 0 aliphatic carbocycles. The van der Waals surface area contributed by atoms with E-state index < -0.39 is 11.9 Å². The van der Waals surface area contributed by atoms with Crippen molar-refractivity contribution in [3.8, 4) is 0 Å². The molecule has 21 heavy (non-hydrogen) atoms. The molecule has 5 nitrogen and oxygen atoms in total. The minimum absolute atomic E-state index is 0.129. The number of carboxylic acids is 1. The summed E-state index contributed by atoms with van der Waals surface area (Å²) in [4.78, 5) is 24.7. The summed E-state index contributed by atoms with van der Waals surface area (Å²) in [6, 6.07) is 3.45. The second-order valence-corrected chi connectivity index (χ2v) is 5.95. The molecule has 1 atom stereocenters. The van der Waals surface area contributed by atoms with Crippen LogP contribution in [-0.4, -0.2) is 41.5 Å². The van der Waals surface area contributed by atoms with Crippen LogP contribution < -0.4 is 5.32 Å². The Morgan fingerprint density at radius 2 is 2.14 bits per heavy atom. The molecule has 2 rings (SSSR count). The zero-order valence-corrected chi connectivity index (χ0v) is 13.0. The van der Waals surface area contributed by atoms with Crippen molar-refractivity contribution in [2.45, 2.75) is 13.3 Å². The van der Waals surface area contributed by atoms with E-state index in [-0.39, 0.29) is 12.5 Å². The first-order chi connectivity index (χ1) is 9.88. The number of aliphatic carboxylic acids is 1. The fraction of sp³-hybridized carbons (Fsp3) is 0.429. The number of amides is 1. The quantitative estimate of drug-likeness (QED) is 0.890. The van der Waals surface area contributed by atoms with Gasteiger partial charge in [0, 0.05) is 6.54 Å². The summed E-state index contributed by atoms with van der Waals surface area (Å²) in [5.74, 6) is -1.47. The molecule has 1 amide bonds. The molecule has 7 heteroatoms. The second kappa shape index (κ2) is 6.64. The zero-order chi connectivity index (χ0) is 15.6. The number of likely N-dealkylation sites (tertiary alicyclic amines) is 1. The smallest absolute Gasteiger partial charge is 0.307 e. The summed E-state index contributed by atoms with van der Waals surface area (Å²) >= 11 is 12.2. The predicted octanol–water partition coefficient (Wildman–Crippen LogP) is 2.65. The van der Waals surface area contributed by atoms with E-state index in [2.05, 4.69) is 5.32 Å². The lowest BCUT2D eigenvalue weighted by molar-refractivity contribution is -0.141. The maximum absolute atomic E-state index is 12.0. The number of nitrogens with one attached hydrogen (secondary N) is 1. The zero-order valence-electron chi connectivity index (χ0n) is 11.5. The molecule has 1 saturated heterocycles.